The minimum Gasteiger partial charge on any atom is -0.384 e. The van der Waals surface area contributed by atoms with Crippen molar-refractivity contribution in [2.24, 2.45) is 0 Å². The Balaban J connectivity index is 2.59. The SMILES string of the molecule is Cc1cc(C)c(C2(O)CCCC2S(C)(=O)=O)cc1C. The Morgan fingerprint density at radius 3 is 2.32 bits per heavy atom. The van der Waals surface area contributed by atoms with Gasteiger partial charge >= 0.3 is 0 Å². The number of hydrogen-bond acceptors (Lipinski definition) is 3. The summed E-state index contributed by atoms with van der Waals surface area (Å²) in [6.45, 7) is 5.96. The van der Waals surface area contributed by atoms with Crippen molar-refractivity contribution in [3.05, 3.63) is 34.4 Å². The highest BCUT2D eigenvalue weighted by molar-refractivity contribution is 7.91. The Bertz CT molecular complexity index is 604. The van der Waals surface area contributed by atoms with Crippen LogP contribution in [0.3, 0.4) is 0 Å². The molecule has 0 aromatic heterocycles. The minimum atomic E-state index is -3.25. The summed E-state index contributed by atoms with van der Waals surface area (Å²) < 4.78 is 23.9. The molecule has 1 aromatic carbocycles. The molecule has 106 valence electrons. The molecular weight excluding hydrogens is 260 g/mol. The molecule has 1 aliphatic rings. The highest BCUT2D eigenvalue weighted by atomic mass is 32.2. The van der Waals surface area contributed by atoms with Gasteiger partial charge in [0.1, 0.15) is 5.60 Å². The van der Waals surface area contributed by atoms with E-state index < -0.39 is 20.7 Å². The smallest absolute Gasteiger partial charge is 0.153 e. The number of hydrogen-bond donors (Lipinski definition) is 1. The zero-order chi connectivity index (χ0) is 14.4. The fourth-order valence-electron chi connectivity index (χ4n) is 3.26. The summed E-state index contributed by atoms with van der Waals surface area (Å²) >= 11 is 0. The number of rotatable bonds is 2. The molecule has 19 heavy (non-hydrogen) atoms. The van der Waals surface area contributed by atoms with Crippen molar-refractivity contribution in [1.29, 1.82) is 0 Å². The second-order valence-corrected chi connectivity index (χ2v) is 8.11. The summed E-state index contributed by atoms with van der Waals surface area (Å²) in [7, 11) is -3.25. The maximum absolute atomic E-state index is 11.9. The Kier molecular flexibility index (Phi) is 3.52. The third-order valence-corrected chi connectivity index (χ3v) is 6.04. The molecule has 1 N–H and O–H groups in total. The predicted molar refractivity (Wildman–Crippen MR) is 77.0 cm³/mol. The van der Waals surface area contributed by atoms with E-state index in [1.54, 1.807) is 0 Å². The Morgan fingerprint density at radius 2 is 1.74 bits per heavy atom. The molecule has 4 heteroatoms. The van der Waals surface area contributed by atoms with Crippen LogP contribution in [0.15, 0.2) is 12.1 Å². The predicted octanol–water partition coefficient (Wildman–Crippen LogP) is 2.40. The van der Waals surface area contributed by atoms with Crippen LogP contribution in [-0.4, -0.2) is 25.0 Å². The molecule has 1 aromatic rings. The zero-order valence-corrected chi connectivity index (χ0v) is 12.8. The van der Waals surface area contributed by atoms with Gasteiger partial charge < -0.3 is 5.11 Å². The molecule has 0 aliphatic heterocycles. The van der Waals surface area contributed by atoms with Crippen LogP contribution in [0.4, 0.5) is 0 Å². The van der Waals surface area contributed by atoms with E-state index in [4.69, 9.17) is 0 Å². The number of aliphatic hydroxyl groups is 1. The summed E-state index contributed by atoms with van der Waals surface area (Å²) in [5.41, 5.74) is 2.78. The summed E-state index contributed by atoms with van der Waals surface area (Å²) in [4.78, 5) is 0. The van der Waals surface area contributed by atoms with E-state index in [9.17, 15) is 13.5 Å². The lowest BCUT2D eigenvalue weighted by Gasteiger charge is -2.31. The van der Waals surface area contributed by atoms with E-state index in [2.05, 4.69) is 0 Å². The van der Waals surface area contributed by atoms with Crippen LogP contribution in [0.25, 0.3) is 0 Å². The second kappa shape index (κ2) is 4.60. The first-order valence-corrected chi connectivity index (χ1v) is 8.61. The van der Waals surface area contributed by atoms with Gasteiger partial charge in [0, 0.05) is 6.26 Å². The van der Waals surface area contributed by atoms with Crippen molar-refractivity contribution in [2.75, 3.05) is 6.26 Å². The van der Waals surface area contributed by atoms with Gasteiger partial charge in [-0.15, -0.1) is 0 Å². The monoisotopic (exact) mass is 282 g/mol. The highest BCUT2D eigenvalue weighted by Gasteiger charge is 2.48. The van der Waals surface area contributed by atoms with E-state index >= 15 is 0 Å². The molecule has 2 atom stereocenters. The van der Waals surface area contributed by atoms with Crippen LogP contribution in [0.5, 0.6) is 0 Å². The molecule has 0 bridgehead atoms. The lowest BCUT2D eigenvalue weighted by molar-refractivity contribution is 0.0470. The third-order valence-electron chi connectivity index (χ3n) is 4.38. The van der Waals surface area contributed by atoms with E-state index in [1.165, 1.54) is 11.8 Å². The first-order chi connectivity index (χ1) is 8.66. The van der Waals surface area contributed by atoms with Crippen molar-refractivity contribution in [2.45, 2.75) is 50.9 Å². The van der Waals surface area contributed by atoms with Gasteiger partial charge in [-0.25, -0.2) is 8.42 Å². The average Bonchev–Trinajstić information content (AvgIpc) is 2.66. The molecule has 1 fully saturated rings. The summed E-state index contributed by atoms with van der Waals surface area (Å²) in [5, 5.41) is 10.3. The van der Waals surface area contributed by atoms with Crippen LogP contribution in [0, 0.1) is 20.8 Å². The molecular formula is C15H22O3S. The quantitative estimate of drug-likeness (QED) is 0.906. The first kappa shape index (κ1) is 14.5. The number of sulfone groups is 1. The van der Waals surface area contributed by atoms with Gasteiger partial charge in [-0.2, -0.15) is 0 Å². The van der Waals surface area contributed by atoms with Crippen LogP contribution < -0.4 is 0 Å². The Labute approximate surface area is 115 Å². The summed E-state index contributed by atoms with van der Waals surface area (Å²) in [6.07, 6.45) is 3.04. The zero-order valence-electron chi connectivity index (χ0n) is 12.0. The van der Waals surface area contributed by atoms with E-state index in [0.29, 0.717) is 12.8 Å². The van der Waals surface area contributed by atoms with Gasteiger partial charge in [0.2, 0.25) is 0 Å². The molecule has 1 saturated carbocycles. The van der Waals surface area contributed by atoms with Crippen molar-refractivity contribution < 1.29 is 13.5 Å². The fraction of sp³-hybridized carbons (Fsp3) is 0.600. The third kappa shape index (κ3) is 2.43. The summed E-state index contributed by atoms with van der Waals surface area (Å²) in [5.74, 6) is 0. The molecule has 2 unspecified atom stereocenters. The standard InChI is InChI=1S/C15H22O3S/c1-10-8-12(3)13(9-11(10)2)15(16)7-5-6-14(15)19(4,17)18/h8-9,14,16H,5-7H2,1-4H3. The van der Waals surface area contributed by atoms with E-state index in [-0.39, 0.29) is 0 Å². The maximum atomic E-state index is 11.9. The molecule has 0 saturated heterocycles. The lowest BCUT2D eigenvalue weighted by atomic mass is 9.86. The van der Waals surface area contributed by atoms with Gasteiger partial charge in [0.25, 0.3) is 0 Å². The molecule has 2 rings (SSSR count). The van der Waals surface area contributed by atoms with Gasteiger partial charge in [-0.05, 0) is 62.3 Å². The van der Waals surface area contributed by atoms with E-state index in [0.717, 1.165) is 23.1 Å². The Hall–Kier alpha value is -0.870. The number of aryl methyl sites for hydroxylation is 3. The van der Waals surface area contributed by atoms with E-state index in [1.807, 2.05) is 32.9 Å². The highest BCUT2D eigenvalue weighted by Crippen LogP contribution is 2.44. The normalized spacial score (nSPS) is 27.7. The van der Waals surface area contributed by atoms with Gasteiger partial charge in [-0.1, -0.05) is 12.1 Å². The summed E-state index contributed by atoms with van der Waals surface area (Å²) in [6, 6.07) is 3.98. The van der Waals surface area contributed by atoms with Crippen molar-refractivity contribution in [3.8, 4) is 0 Å². The van der Waals surface area contributed by atoms with Crippen molar-refractivity contribution in [1.82, 2.24) is 0 Å². The Morgan fingerprint density at radius 1 is 1.16 bits per heavy atom. The fourth-order valence-corrected chi connectivity index (χ4v) is 4.81. The van der Waals surface area contributed by atoms with Crippen LogP contribution in [0.1, 0.15) is 41.5 Å². The molecule has 3 nitrogen and oxygen atoms in total. The molecule has 0 spiro atoms. The lowest BCUT2D eigenvalue weighted by Crippen LogP contribution is -2.40. The maximum Gasteiger partial charge on any atom is 0.153 e. The van der Waals surface area contributed by atoms with Gasteiger partial charge in [0.15, 0.2) is 9.84 Å². The molecule has 0 amide bonds. The minimum absolute atomic E-state index is 0.522. The molecule has 0 heterocycles. The average molecular weight is 282 g/mol. The molecule has 0 radical (unpaired) electrons. The second-order valence-electron chi connectivity index (χ2n) is 5.89. The largest absolute Gasteiger partial charge is 0.384 e. The van der Waals surface area contributed by atoms with Gasteiger partial charge in [-0.3, -0.25) is 0 Å². The number of benzene rings is 1. The first-order valence-electron chi connectivity index (χ1n) is 6.66. The van der Waals surface area contributed by atoms with Crippen molar-refractivity contribution in [3.63, 3.8) is 0 Å². The van der Waals surface area contributed by atoms with Crippen LogP contribution in [0.2, 0.25) is 0 Å². The molecule has 1 aliphatic carbocycles. The van der Waals surface area contributed by atoms with Crippen LogP contribution in [-0.2, 0) is 15.4 Å². The van der Waals surface area contributed by atoms with Crippen molar-refractivity contribution >= 4 is 9.84 Å². The topological polar surface area (TPSA) is 54.4 Å². The van der Waals surface area contributed by atoms with Crippen LogP contribution >= 0.6 is 0 Å². The van der Waals surface area contributed by atoms with Gasteiger partial charge in [0.05, 0.1) is 5.25 Å².